The summed E-state index contributed by atoms with van der Waals surface area (Å²) in [5.74, 6) is 0. The van der Waals surface area contributed by atoms with Gasteiger partial charge in [0.05, 0.1) is 11.5 Å². The van der Waals surface area contributed by atoms with E-state index in [0.717, 1.165) is 6.07 Å². The molecule has 2 aromatic rings. The largest absolute Gasteiger partial charge is 0.360 e. The molecule has 0 aliphatic heterocycles. The molecule has 0 bridgehead atoms. The van der Waals surface area contributed by atoms with Crippen LogP contribution in [-0.4, -0.2) is 44.2 Å². The van der Waals surface area contributed by atoms with E-state index in [9.17, 15) is 15.3 Å². The van der Waals surface area contributed by atoms with Crippen molar-refractivity contribution >= 4 is 34.0 Å². The Bertz CT molecular complexity index is 701. The summed E-state index contributed by atoms with van der Waals surface area (Å²) in [5.41, 5.74) is -0.315. The predicted molar refractivity (Wildman–Crippen MR) is 75.7 cm³/mol. The van der Waals surface area contributed by atoms with Crippen LogP contribution in [-0.2, 0) is 9.47 Å². The van der Waals surface area contributed by atoms with Crippen molar-refractivity contribution in [3.8, 4) is 0 Å². The highest BCUT2D eigenvalue weighted by atomic mass is 35.5. The Morgan fingerprint density at radius 2 is 2.18 bits per heavy atom. The van der Waals surface area contributed by atoms with Crippen LogP contribution in [0.3, 0.4) is 0 Å². The van der Waals surface area contributed by atoms with Gasteiger partial charge in [-0.05, 0) is 4.90 Å². The van der Waals surface area contributed by atoms with E-state index in [4.69, 9.17) is 21.1 Å². The van der Waals surface area contributed by atoms with Gasteiger partial charge in [-0.1, -0.05) is 11.6 Å². The zero-order valence-electron chi connectivity index (χ0n) is 12.0. The molecule has 0 aliphatic rings. The van der Waals surface area contributed by atoms with Gasteiger partial charge in [-0.25, -0.2) is 0 Å². The Balaban J connectivity index is 2.62. The number of likely N-dealkylation sites (N-methyl/N-ethyl adjacent to an activating group) is 1. The fraction of sp³-hybridized carbons (Fsp3) is 0.455. The SMILES string of the molecule is COC(CN(C)c1c([N+](=O)[O-])c(Cl)cc2c1no[n+]2[O-])OC. The Kier molecular flexibility index (Phi) is 4.64. The molecule has 10 nitrogen and oxygen atoms in total. The highest BCUT2D eigenvalue weighted by Gasteiger charge is 2.32. The van der Waals surface area contributed by atoms with Gasteiger partial charge in [-0.15, -0.1) is 0 Å². The van der Waals surface area contributed by atoms with Crippen LogP contribution in [0.2, 0.25) is 5.02 Å². The Morgan fingerprint density at radius 1 is 1.55 bits per heavy atom. The van der Waals surface area contributed by atoms with Gasteiger partial charge in [0.2, 0.25) is 5.52 Å². The molecule has 11 heteroatoms. The first kappa shape index (κ1) is 16.2. The lowest BCUT2D eigenvalue weighted by atomic mass is 10.2. The van der Waals surface area contributed by atoms with Gasteiger partial charge in [0.25, 0.3) is 5.52 Å². The van der Waals surface area contributed by atoms with Gasteiger partial charge in [-0.3, -0.25) is 14.7 Å². The highest BCUT2D eigenvalue weighted by molar-refractivity contribution is 6.34. The van der Waals surface area contributed by atoms with Crippen molar-refractivity contribution in [3.63, 3.8) is 0 Å². The van der Waals surface area contributed by atoms with Gasteiger partial charge in [-0.2, -0.15) is 0 Å². The number of aromatic nitrogens is 2. The lowest BCUT2D eigenvalue weighted by molar-refractivity contribution is -0.782. The average molecular weight is 333 g/mol. The number of nitro groups is 1. The minimum Gasteiger partial charge on any atom is -0.360 e. The van der Waals surface area contributed by atoms with Crippen LogP contribution in [0.1, 0.15) is 0 Å². The molecule has 1 heterocycles. The molecule has 0 atom stereocenters. The average Bonchev–Trinajstić information content (AvgIpc) is 2.83. The molecule has 1 aromatic heterocycles. The maximum Gasteiger partial charge on any atom is 0.315 e. The van der Waals surface area contributed by atoms with Crippen LogP contribution in [0.4, 0.5) is 11.4 Å². The molecule has 0 spiro atoms. The van der Waals surface area contributed by atoms with Crippen molar-refractivity contribution in [2.75, 3.05) is 32.7 Å². The lowest BCUT2D eigenvalue weighted by Gasteiger charge is -2.23. The molecule has 0 N–H and O–H groups in total. The van der Waals surface area contributed by atoms with Gasteiger partial charge in [0, 0.05) is 32.5 Å². The summed E-state index contributed by atoms with van der Waals surface area (Å²) in [6.07, 6.45) is -0.634. The number of nitrogens with zero attached hydrogens (tertiary/aromatic N) is 4. The fourth-order valence-corrected chi connectivity index (χ4v) is 2.31. The maximum atomic E-state index is 11.5. The molecule has 0 aliphatic carbocycles. The third kappa shape index (κ3) is 2.75. The third-order valence-corrected chi connectivity index (χ3v) is 3.38. The number of rotatable bonds is 6. The van der Waals surface area contributed by atoms with Crippen molar-refractivity contribution < 1.29 is 23.9 Å². The number of methoxy groups -OCH3 is 2. The zero-order chi connectivity index (χ0) is 16.4. The number of fused-ring (bicyclic) bond motifs is 1. The molecule has 0 unspecified atom stereocenters. The third-order valence-electron chi connectivity index (χ3n) is 3.10. The van der Waals surface area contributed by atoms with E-state index in [1.165, 1.54) is 19.1 Å². The smallest absolute Gasteiger partial charge is 0.315 e. The monoisotopic (exact) mass is 332 g/mol. The molecule has 0 saturated carbocycles. The molecule has 1 aromatic carbocycles. The molecule has 0 saturated heterocycles. The molecule has 120 valence electrons. The van der Waals surface area contributed by atoms with Crippen LogP contribution < -0.4 is 9.80 Å². The summed E-state index contributed by atoms with van der Waals surface area (Å²) < 4.78 is 14.6. The van der Waals surface area contributed by atoms with E-state index < -0.39 is 11.2 Å². The second-order valence-corrected chi connectivity index (χ2v) is 4.80. The van der Waals surface area contributed by atoms with Crippen LogP contribution >= 0.6 is 11.6 Å². The number of nitro benzene ring substituents is 1. The topological polar surface area (TPSA) is 118 Å². The Hall–Kier alpha value is -2.17. The van der Waals surface area contributed by atoms with Gasteiger partial charge < -0.3 is 19.6 Å². The summed E-state index contributed by atoms with van der Waals surface area (Å²) in [7, 11) is 4.43. The first-order valence-corrected chi connectivity index (χ1v) is 6.41. The minimum atomic E-state index is -0.647. The van der Waals surface area contributed by atoms with Gasteiger partial charge >= 0.3 is 5.69 Å². The number of hydrogen-bond acceptors (Lipinski definition) is 8. The van der Waals surface area contributed by atoms with Gasteiger partial charge in [0.15, 0.2) is 12.0 Å². The Labute approximate surface area is 129 Å². The van der Waals surface area contributed by atoms with Crippen LogP contribution in [0.15, 0.2) is 10.7 Å². The second kappa shape index (κ2) is 6.30. The van der Waals surface area contributed by atoms with Crippen LogP contribution in [0.25, 0.3) is 11.0 Å². The van der Waals surface area contributed by atoms with Crippen molar-refractivity contribution in [2.24, 2.45) is 0 Å². The number of anilines is 1. The lowest BCUT2D eigenvalue weighted by Crippen LogP contribution is -2.32. The van der Waals surface area contributed by atoms with E-state index in [1.807, 2.05) is 0 Å². The summed E-state index contributed by atoms with van der Waals surface area (Å²) in [6.45, 7) is 0.148. The number of hydrogen-bond donors (Lipinski definition) is 0. The molecule has 0 fully saturated rings. The molecule has 22 heavy (non-hydrogen) atoms. The summed E-state index contributed by atoms with van der Waals surface area (Å²) in [4.78, 5) is 12.3. The normalized spacial score (nSPS) is 11.3. The minimum absolute atomic E-state index is 0.0103. The van der Waals surface area contributed by atoms with Crippen molar-refractivity contribution in [2.45, 2.75) is 6.29 Å². The van der Waals surface area contributed by atoms with E-state index >= 15 is 0 Å². The zero-order valence-corrected chi connectivity index (χ0v) is 12.7. The van der Waals surface area contributed by atoms with Crippen molar-refractivity contribution in [1.29, 1.82) is 0 Å². The highest BCUT2D eigenvalue weighted by Crippen LogP contribution is 2.39. The maximum absolute atomic E-state index is 11.5. The molecule has 2 rings (SSSR count). The molecular formula is C11H13ClN4O6. The Morgan fingerprint density at radius 3 is 2.73 bits per heavy atom. The van der Waals surface area contributed by atoms with Crippen molar-refractivity contribution in [3.05, 3.63) is 26.4 Å². The first-order chi connectivity index (χ1) is 10.4. The number of benzene rings is 1. The predicted octanol–water partition coefficient (Wildman–Crippen LogP) is 1.08. The first-order valence-electron chi connectivity index (χ1n) is 6.03. The van der Waals surface area contributed by atoms with Crippen LogP contribution in [0.5, 0.6) is 0 Å². The summed E-state index contributed by atoms with van der Waals surface area (Å²) in [6, 6.07) is 1.14. The quantitative estimate of drug-likeness (QED) is 0.333. The van der Waals surface area contributed by atoms with E-state index in [1.54, 1.807) is 7.05 Å². The van der Waals surface area contributed by atoms with Gasteiger partial charge in [0.1, 0.15) is 5.02 Å². The number of ether oxygens (including phenoxy) is 2. The summed E-state index contributed by atoms with van der Waals surface area (Å²) in [5, 5.41) is 26.2. The van der Waals surface area contributed by atoms with Crippen molar-refractivity contribution in [1.82, 2.24) is 5.16 Å². The molecule has 0 amide bonds. The molecular weight excluding hydrogens is 320 g/mol. The molecule has 0 radical (unpaired) electrons. The second-order valence-electron chi connectivity index (χ2n) is 4.39. The van der Waals surface area contributed by atoms with Crippen LogP contribution in [0, 0.1) is 15.3 Å². The fourth-order valence-electron chi connectivity index (χ4n) is 2.05. The van der Waals surface area contributed by atoms with E-state index in [-0.39, 0.29) is 38.9 Å². The summed E-state index contributed by atoms with van der Waals surface area (Å²) >= 11 is 5.93. The standard InChI is InChI=1S/C11H13ClN4O6/c1-14(5-8(20-2)21-3)11-9-7(16(19)22-13-9)4-6(12)10(11)15(17)18/h4,8H,5H2,1-3H3. The van der Waals surface area contributed by atoms with E-state index in [2.05, 4.69) is 9.79 Å². The number of halogens is 1. The van der Waals surface area contributed by atoms with E-state index in [0.29, 0.717) is 0 Å².